The Bertz CT molecular complexity index is 93.3. The van der Waals surface area contributed by atoms with Gasteiger partial charge in [-0.3, -0.25) is 0 Å². The summed E-state index contributed by atoms with van der Waals surface area (Å²) in [5, 5.41) is 0. The normalized spacial score (nSPS) is 9.40. The molecule has 0 heterocycles. The van der Waals surface area contributed by atoms with Crippen molar-refractivity contribution in [1.82, 2.24) is 0 Å². The topological polar surface area (TPSA) is 60.7 Å². The minimum atomic E-state index is -3.74. The van der Waals surface area contributed by atoms with Crippen LogP contribution < -0.4 is 0 Å². The number of hydrogen-bond donors (Lipinski definition) is 3. The van der Waals surface area contributed by atoms with E-state index in [1.165, 1.54) is 0 Å². The average Bonchev–Trinajstić information content (AvgIpc) is 1.62. The third kappa shape index (κ3) is 38.6. The van der Waals surface area contributed by atoms with E-state index in [4.69, 9.17) is 14.4 Å². The van der Waals surface area contributed by atoms with Crippen molar-refractivity contribution in [3.05, 3.63) is 0 Å². The van der Waals surface area contributed by atoms with E-state index >= 15 is 0 Å². The zero-order chi connectivity index (χ0) is 7.49. The van der Waals surface area contributed by atoms with Crippen LogP contribution in [0.15, 0.2) is 0 Å². The zero-order valence-electron chi connectivity index (χ0n) is 9.30. The first kappa shape index (κ1) is 43.0. The molecule has 0 aliphatic rings. The molecule has 0 saturated carbocycles. The molecule has 6 radical (unpaired) electrons. The molecule has 0 aromatic heterocycles. The summed E-state index contributed by atoms with van der Waals surface area (Å²) in [6, 6.07) is 0.156. The van der Waals surface area contributed by atoms with Crippen LogP contribution in [0.2, 0.25) is 6.04 Å². The van der Waals surface area contributed by atoms with Gasteiger partial charge in [0.05, 0.1) is 0 Å². The standard InChI is InChI=1S/C5H14O3Si.6Y/c1-3-5(2)4-9(6,7)8;;;;;;/h5-8H,3-4H2,1-2H3;;;;;;. The van der Waals surface area contributed by atoms with E-state index in [9.17, 15) is 0 Å². The Kier molecular flexibility index (Phi) is 73.6. The molecule has 0 rings (SSSR count). The van der Waals surface area contributed by atoms with E-state index in [1.807, 2.05) is 13.8 Å². The molecule has 3 nitrogen and oxygen atoms in total. The van der Waals surface area contributed by atoms with Crippen molar-refractivity contribution in [2.75, 3.05) is 0 Å². The summed E-state index contributed by atoms with van der Waals surface area (Å²) < 4.78 is 0. The second kappa shape index (κ2) is 25.7. The molecule has 1 unspecified atom stereocenters. The van der Waals surface area contributed by atoms with E-state index in [1.54, 1.807) is 0 Å². The van der Waals surface area contributed by atoms with Crippen molar-refractivity contribution in [2.45, 2.75) is 26.3 Å². The Hall–Kier alpha value is 6.72. The number of rotatable bonds is 3. The zero-order valence-corrected chi connectivity index (χ0v) is 27.3. The van der Waals surface area contributed by atoms with Crippen LogP contribution >= 0.6 is 0 Å². The Morgan fingerprint density at radius 2 is 1.13 bits per heavy atom. The van der Waals surface area contributed by atoms with Gasteiger partial charge < -0.3 is 14.4 Å². The van der Waals surface area contributed by atoms with E-state index in [0.29, 0.717) is 0 Å². The maximum Gasteiger partial charge on any atom is 0.493 e. The first-order valence-corrected chi connectivity index (χ1v) is 5.17. The Morgan fingerprint density at radius 3 is 1.20 bits per heavy atom. The largest absolute Gasteiger partial charge is 0.493 e. The SMILES string of the molecule is CCC(C)C[Si](O)(O)O.[Y].[Y].[Y].[Y].[Y].[Y]. The molecule has 15 heavy (non-hydrogen) atoms. The first-order chi connectivity index (χ1) is 3.95. The van der Waals surface area contributed by atoms with Gasteiger partial charge in [-0.15, -0.1) is 0 Å². The van der Waals surface area contributed by atoms with Crippen LogP contribution in [-0.2, 0) is 196 Å². The van der Waals surface area contributed by atoms with Crippen molar-refractivity contribution in [3.63, 3.8) is 0 Å². The molecule has 0 aromatic carbocycles. The third-order valence-electron chi connectivity index (χ3n) is 1.32. The van der Waals surface area contributed by atoms with Crippen molar-refractivity contribution in [1.29, 1.82) is 0 Å². The average molecular weight is 684 g/mol. The molecule has 0 aliphatic heterocycles. The van der Waals surface area contributed by atoms with Gasteiger partial charge in [0.1, 0.15) is 0 Å². The second-order valence-electron chi connectivity index (χ2n) is 2.49. The van der Waals surface area contributed by atoms with Crippen LogP contribution in [0.5, 0.6) is 0 Å². The van der Waals surface area contributed by atoms with Gasteiger partial charge in [0.25, 0.3) is 0 Å². The molecule has 0 amide bonds. The van der Waals surface area contributed by atoms with Crippen LogP contribution in [0.4, 0.5) is 0 Å². The van der Waals surface area contributed by atoms with Crippen LogP contribution in [0, 0.1) is 5.92 Å². The smallest absolute Gasteiger partial charge is 0.390 e. The minimum absolute atomic E-state index is 0. The van der Waals surface area contributed by atoms with Crippen LogP contribution in [0.25, 0.3) is 0 Å². The summed E-state index contributed by atoms with van der Waals surface area (Å²) >= 11 is 0. The van der Waals surface area contributed by atoms with E-state index in [-0.39, 0.29) is 208 Å². The summed E-state index contributed by atoms with van der Waals surface area (Å²) in [5.41, 5.74) is 0. The molecule has 0 bridgehead atoms. The van der Waals surface area contributed by atoms with Gasteiger partial charge in [-0.05, 0) is 5.92 Å². The van der Waals surface area contributed by atoms with Crippen molar-refractivity contribution < 1.29 is 211 Å². The Morgan fingerprint density at radius 1 is 0.867 bits per heavy atom. The van der Waals surface area contributed by atoms with Gasteiger partial charge in [-0.2, -0.15) is 0 Å². The molecule has 0 aliphatic carbocycles. The van der Waals surface area contributed by atoms with E-state index in [0.717, 1.165) is 6.42 Å². The second-order valence-corrected chi connectivity index (χ2v) is 4.45. The van der Waals surface area contributed by atoms with Gasteiger partial charge in [-0.25, -0.2) is 0 Å². The quantitative estimate of drug-likeness (QED) is 0.366. The maximum atomic E-state index is 8.57. The molecule has 0 aromatic rings. The van der Waals surface area contributed by atoms with E-state index < -0.39 is 8.80 Å². The minimum Gasteiger partial charge on any atom is -0.390 e. The Balaban J connectivity index is -0.0000000213. The fourth-order valence-corrected chi connectivity index (χ4v) is 1.84. The fraction of sp³-hybridized carbons (Fsp3) is 1.00. The fourth-order valence-electron chi connectivity index (χ4n) is 0.612. The van der Waals surface area contributed by atoms with Gasteiger partial charge in [0.15, 0.2) is 0 Å². The van der Waals surface area contributed by atoms with Crippen LogP contribution in [0.3, 0.4) is 0 Å². The predicted octanol–water partition coefficient (Wildman–Crippen LogP) is -0.0667. The summed E-state index contributed by atoms with van der Waals surface area (Å²) in [6.07, 6.45) is 0.871. The Labute approximate surface area is 245 Å². The molecule has 0 fully saturated rings. The van der Waals surface area contributed by atoms with Crippen molar-refractivity contribution in [3.8, 4) is 0 Å². The molecular weight excluding hydrogens is 670 g/mol. The van der Waals surface area contributed by atoms with Crippen molar-refractivity contribution in [2.24, 2.45) is 5.92 Å². The monoisotopic (exact) mass is 684 g/mol. The summed E-state index contributed by atoms with van der Waals surface area (Å²) in [6.45, 7) is 3.83. The van der Waals surface area contributed by atoms with Crippen LogP contribution in [0.1, 0.15) is 20.3 Å². The van der Waals surface area contributed by atoms with Gasteiger partial charge in [-0.1, -0.05) is 20.3 Å². The first-order valence-electron chi connectivity index (χ1n) is 3.13. The molecule has 3 N–H and O–H groups in total. The molecule has 1 atom stereocenters. The van der Waals surface area contributed by atoms with Gasteiger partial charge in [0, 0.05) is 202 Å². The van der Waals surface area contributed by atoms with Gasteiger partial charge in [0.2, 0.25) is 0 Å². The molecule has 10 heteroatoms. The predicted molar refractivity (Wildman–Crippen MR) is 36.7 cm³/mol. The third-order valence-corrected chi connectivity index (χ3v) is 2.56. The number of hydrogen-bond acceptors (Lipinski definition) is 3. The van der Waals surface area contributed by atoms with E-state index in [2.05, 4.69) is 0 Å². The van der Waals surface area contributed by atoms with Gasteiger partial charge >= 0.3 is 8.80 Å². The molecule has 0 saturated heterocycles. The molecule has 0 spiro atoms. The summed E-state index contributed by atoms with van der Waals surface area (Å²) in [4.78, 5) is 25.7. The maximum absolute atomic E-state index is 8.57. The molecular formula is C5H14O3SiY6. The van der Waals surface area contributed by atoms with Crippen LogP contribution in [-0.4, -0.2) is 23.2 Å². The molecule has 74 valence electrons. The van der Waals surface area contributed by atoms with Crippen molar-refractivity contribution >= 4 is 8.80 Å². The summed E-state index contributed by atoms with van der Waals surface area (Å²) in [7, 11) is -3.74. The summed E-state index contributed by atoms with van der Waals surface area (Å²) in [5.74, 6) is 0.205.